The lowest BCUT2D eigenvalue weighted by Gasteiger charge is -2.27. The number of aromatic nitrogens is 3. The van der Waals surface area contributed by atoms with E-state index in [-0.39, 0.29) is 23.6 Å². The maximum absolute atomic E-state index is 11.6. The fourth-order valence-electron chi connectivity index (χ4n) is 2.89. The molecule has 1 atom stereocenters. The Bertz CT molecular complexity index is 811. The molecule has 2 heterocycles. The van der Waals surface area contributed by atoms with Gasteiger partial charge in [0, 0.05) is 18.6 Å². The maximum Gasteiger partial charge on any atom is 0.244 e. The lowest BCUT2D eigenvalue weighted by atomic mass is 10.2. The first-order valence-electron chi connectivity index (χ1n) is 8.40. The fourth-order valence-corrected chi connectivity index (χ4v) is 4.57. The first-order chi connectivity index (χ1) is 11.9. The quantitative estimate of drug-likeness (QED) is 0.840. The van der Waals surface area contributed by atoms with Gasteiger partial charge in [-0.15, -0.1) is 5.10 Å². The number of hydrogen-bond donors (Lipinski definition) is 1. The Balaban J connectivity index is 1.76. The minimum absolute atomic E-state index is 0.124. The summed E-state index contributed by atoms with van der Waals surface area (Å²) in [5.41, 5.74) is 1.19. The van der Waals surface area contributed by atoms with Gasteiger partial charge in [0.1, 0.15) is 0 Å². The Labute approximate surface area is 148 Å². The van der Waals surface area contributed by atoms with Crippen molar-refractivity contribution in [1.29, 1.82) is 0 Å². The van der Waals surface area contributed by atoms with E-state index in [4.69, 9.17) is 0 Å². The predicted octanol–water partition coefficient (Wildman–Crippen LogP) is 1.89. The van der Waals surface area contributed by atoms with Crippen LogP contribution in [0.4, 0.5) is 11.8 Å². The summed E-state index contributed by atoms with van der Waals surface area (Å²) in [6.07, 6.45) is 2.22. The highest BCUT2D eigenvalue weighted by molar-refractivity contribution is 7.91. The zero-order chi connectivity index (χ0) is 17.9. The predicted molar refractivity (Wildman–Crippen MR) is 98.3 cm³/mol. The Morgan fingerprint density at radius 2 is 2.04 bits per heavy atom. The van der Waals surface area contributed by atoms with Crippen molar-refractivity contribution in [3.8, 4) is 0 Å². The molecule has 1 aliphatic heterocycles. The average molecular weight is 361 g/mol. The van der Waals surface area contributed by atoms with Gasteiger partial charge >= 0.3 is 0 Å². The molecule has 1 saturated heterocycles. The van der Waals surface area contributed by atoms with E-state index in [1.807, 2.05) is 18.2 Å². The highest BCUT2D eigenvalue weighted by atomic mass is 32.2. The minimum Gasteiger partial charge on any atom is -0.349 e. The molecule has 8 heteroatoms. The minimum atomic E-state index is -2.95. The summed E-state index contributed by atoms with van der Waals surface area (Å²) in [6, 6.07) is 10.3. The summed E-state index contributed by atoms with van der Waals surface area (Å²) in [4.78, 5) is 6.69. The van der Waals surface area contributed by atoms with Crippen LogP contribution in [0.2, 0.25) is 0 Å². The second-order valence-electron chi connectivity index (χ2n) is 6.59. The van der Waals surface area contributed by atoms with Gasteiger partial charge in [-0.25, -0.2) is 8.42 Å². The number of hydrogen-bond acceptors (Lipinski definition) is 7. The second kappa shape index (κ2) is 7.35. The normalized spacial score (nSPS) is 19.1. The lowest BCUT2D eigenvalue weighted by molar-refractivity contribution is 0.602. The summed E-state index contributed by atoms with van der Waals surface area (Å²) in [7, 11) is -2.95. The molecule has 1 aromatic heterocycles. The van der Waals surface area contributed by atoms with Crippen molar-refractivity contribution >= 4 is 21.6 Å². The molecule has 0 bridgehead atoms. The lowest BCUT2D eigenvalue weighted by Crippen LogP contribution is -2.31. The average Bonchev–Trinajstić information content (AvgIpc) is 2.92. The van der Waals surface area contributed by atoms with E-state index in [0.717, 1.165) is 5.82 Å². The molecule has 0 saturated carbocycles. The Morgan fingerprint density at radius 1 is 1.28 bits per heavy atom. The summed E-state index contributed by atoms with van der Waals surface area (Å²) >= 11 is 0. The van der Waals surface area contributed by atoms with Gasteiger partial charge < -0.3 is 10.2 Å². The van der Waals surface area contributed by atoms with Gasteiger partial charge in [-0.05, 0) is 25.8 Å². The molecule has 0 amide bonds. The Morgan fingerprint density at radius 3 is 2.68 bits per heavy atom. The molecule has 3 rings (SSSR count). The molecule has 7 nitrogen and oxygen atoms in total. The highest BCUT2D eigenvalue weighted by Gasteiger charge is 2.28. The topological polar surface area (TPSA) is 88.1 Å². The van der Waals surface area contributed by atoms with Gasteiger partial charge in [0.25, 0.3) is 0 Å². The smallest absolute Gasteiger partial charge is 0.244 e. The molecule has 1 aliphatic rings. The summed E-state index contributed by atoms with van der Waals surface area (Å²) in [5, 5.41) is 11.2. The highest BCUT2D eigenvalue weighted by Crippen LogP contribution is 2.20. The van der Waals surface area contributed by atoms with Crippen LogP contribution in [0.3, 0.4) is 0 Å². The van der Waals surface area contributed by atoms with Crippen molar-refractivity contribution in [3.63, 3.8) is 0 Å². The molecule has 0 aliphatic carbocycles. The zero-order valence-electron chi connectivity index (χ0n) is 14.5. The number of anilines is 2. The maximum atomic E-state index is 11.6. The van der Waals surface area contributed by atoms with Gasteiger partial charge in [0.15, 0.2) is 15.7 Å². The molecule has 2 aromatic rings. The molecule has 1 fully saturated rings. The third-order valence-electron chi connectivity index (χ3n) is 4.23. The van der Waals surface area contributed by atoms with Crippen LogP contribution < -0.4 is 10.2 Å². The van der Waals surface area contributed by atoms with Crippen LogP contribution in [0.25, 0.3) is 0 Å². The molecule has 0 radical (unpaired) electrons. The number of benzene rings is 1. The van der Waals surface area contributed by atoms with Crippen LogP contribution in [0.15, 0.2) is 36.5 Å². The second-order valence-corrected chi connectivity index (χ2v) is 8.82. The van der Waals surface area contributed by atoms with Crippen molar-refractivity contribution in [3.05, 3.63) is 42.1 Å². The van der Waals surface area contributed by atoms with Crippen molar-refractivity contribution in [2.75, 3.05) is 21.7 Å². The van der Waals surface area contributed by atoms with Crippen LogP contribution in [-0.2, 0) is 16.4 Å². The van der Waals surface area contributed by atoms with Gasteiger partial charge in [-0.3, -0.25) is 0 Å². The number of nitrogens with one attached hydrogen (secondary N) is 1. The first kappa shape index (κ1) is 17.6. The van der Waals surface area contributed by atoms with E-state index < -0.39 is 9.84 Å². The third kappa shape index (κ3) is 4.66. The molecule has 1 unspecified atom stereocenters. The van der Waals surface area contributed by atoms with Crippen molar-refractivity contribution in [2.45, 2.75) is 38.9 Å². The number of rotatable bonds is 6. The molecular formula is C17H23N5O2S. The molecular weight excluding hydrogens is 338 g/mol. The fraction of sp³-hybridized carbons (Fsp3) is 0.471. The number of sulfone groups is 1. The van der Waals surface area contributed by atoms with Crippen LogP contribution in [0.5, 0.6) is 0 Å². The van der Waals surface area contributed by atoms with Crippen LogP contribution >= 0.6 is 0 Å². The van der Waals surface area contributed by atoms with E-state index >= 15 is 0 Å². The van der Waals surface area contributed by atoms with E-state index in [2.05, 4.69) is 51.4 Å². The van der Waals surface area contributed by atoms with Crippen LogP contribution in [-0.4, -0.2) is 47.2 Å². The van der Waals surface area contributed by atoms with E-state index in [1.54, 1.807) is 6.20 Å². The molecule has 1 N–H and O–H groups in total. The standard InChI is InChI=1S/C17H23N5O2S/c1-13(2)22(11-14-6-4-3-5-7-14)16-10-18-21-17(20-16)19-15-8-9-25(23,24)12-15/h3-7,10,13,15H,8-9,11-12H2,1-2H3,(H,19,20,21). The van der Waals surface area contributed by atoms with Gasteiger partial charge in [0.2, 0.25) is 5.95 Å². The molecule has 1 aromatic carbocycles. The van der Waals surface area contributed by atoms with E-state index in [9.17, 15) is 8.42 Å². The van der Waals surface area contributed by atoms with Crippen LogP contribution in [0.1, 0.15) is 25.8 Å². The first-order valence-corrected chi connectivity index (χ1v) is 10.2. The Kier molecular flexibility index (Phi) is 5.17. The number of nitrogens with zero attached hydrogens (tertiary/aromatic N) is 4. The SMILES string of the molecule is CC(C)N(Cc1ccccc1)c1cnnc(NC2CCS(=O)(=O)C2)n1. The van der Waals surface area contributed by atoms with Crippen molar-refractivity contribution < 1.29 is 8.42 Å². The molecule has 25 heavy (non-hydrogen) atoms. The van der Waals surface area contributed by atoms with Crippen molar-refractivity contribution in [1.82, 2.24) is 15.2 Å². The Hall–Kier alpha value is -2.22. The van der Waals surface area contributed by atoms with Crippen LogP contribution in [0, 0.1) is 0 Å². The van der Waals surface area contributed by atoms with Gasteiger partial charge in [-0.1, -0.05) is 30.3 Å². The molecule has 134 valence electrons. The van der Waals surface area contributed by atoms with Crippen molar-refractivity contribution in [2.24, 2.45) is 0 Å². The van der Waals surface area contributed by atoms with E-state index in [0.29, 0.717) is 18.9 Å². The third-order valence-corrected chi connectivity index (χ3v) is 5.99. The summed E-state index contributed by atoms with van der Waals surface area (Å²) < 4.78 is 23.2. The zero-order valence-corrected chi connectivity index (χ0v) is 15.3. The molecule has 0 spiro atoms. The van der Waals surface area contributed by atoms with Gasteiger partial charge in [-0.2, -0.15) is 10.1 Å². The van der Waals surface area contributed by atoms with Gasteiger partial charge in [0.05, 0.1) is 17.7 Å². The largest absolute Gasteiger partial charge is 0.349 e. The summed E-state index contributed by atoms with van der Waals surface area (Å²) in [5.74, 6) is 1.43. The van der Waals surface area contributed by atoms with E-state index in [1.165, 1.54) is 5.56 Å². The summed E-state index contributed by atoms with van der Waals surface area (Å²) in [6.45, 7) is 4.91. The monoisotopic (exact) mass is 361 g/mol.